The Hall–Kier alpha value is -1.91. The lowest BCUT2D eigenvalue weighted by Crippen LogP contribution is -2.35. The first-order valence-electron chi connectivity index (χ1n) is 5.69. The van der Waals surface area contributed by atoms with Crippen molar-refractivity contribution in [3.63, 3.8) is 0 Å². The highest BCUT2D eigenvalue weighted by Crippen LogP contribution is 1.99. The molecule has 1 amide bonds. The Morgan fingerprint density at radius 2 is 2.06 bits per heavy atom. The van der Waals surface area contributed by atoms with Crippen LogP contribution in [0.2, 0.25) is 0 Å². The zero-order chi connectivity index (χ0) is 12.5. The van der Waals surface area contributed by atoms with Crippen LogP contribution in [-0.2, 0) is 0 Å². The van der Waals surface area contributed by atoms with E-state index in [1.54, 1.807) is 24.3 Å². The van der Waals surface area contributed by atoms with Crippen LogP contribution in [0.5, 0.6) is 0 Å². The number of carbonyl (C=O) groups is 1. The summed E-state index contributed by atoms with van der Waals surface area (Å²) in [7, 11) is 0. The molecule has 0 radical (unpaired) electrons. The summed E-state index contributed by atoms with van der Waals surface area (Å²) < 4.78 is 0. The first-order valence-corrected chi connectivity index (χ1v) is 5.69. The van der Waals surface area contributed by atoms with Crippen LogP contribution in [0.25, 0.3) is 0 Å². The van der Waals surface area contributed by atoms with Gasteiger partial charge in [-0.25, -0.2) is 5.01 Å². The number of rotatable bonds is 7. The molecule has 0 saturated carbocycles. The third kappa shape index (κ3) is 4.63. The lowest BCUT2D eigenvalue weighted by molar-refractivity contribution is 0.0922. The van der Waals surface area contributed by atoms with Crippen LogP contribution in [0.3, 0.4) is 0 Å². The second kappa shape index (κ2) is 7.38. The van der Waals surface area contributed by atoms with Crippen LogP contribution in [0.4, 0.5) is 0 Å². The van der Waals surface area contributed by atoms with E-state index in [0.29, 0.717) is 12.1 Å². The first kappa shape index (κ1) is 13.2. The Kier molecular flexibility index (Phi) is 5.71. The summed E-state index contributed by atoms with van der Waals surface area (Å²) in [5.74, 6) is -0.198. The zero-order valence-corrected chi connectivity index (χ0v) is 9.93. The van der Waals surface area contributed by atoms with Crippen molar-refractivity contribution in [3.05, 3.63) is 40.8 Å². The number of hydrogen-bond donors (Lipinski definition) is 1. The lowest BCUT2D eigenvalue weighted by atomic mass is 10.2. The van der Waals surface area contributed by atoms with Crippen LogP contribution < -0.4 is 5.32 Å². The van der Waals surface area contributed by atoms with Crippen LogP contribution in [0, 0.1) is 4.91 Å². The monoisotopic (exact) mass is 235 g/mol. The van der Waals surface area contributed by atoms with Crippen molar-refractivity contribution < 1.29 is 4.79 Å². The summed E-state index contributed by atoms with van der Waals surface area (Å²) in [4.78, 5) is 22.1. The summed E-state index contributed by atoms with van der Waals surface area (Å²) in [6.45, 7) is 2.75. The predicted molar refractivity (Wildman–Crippen MR) is 66.2 cm³/mol. The topological polar surface area (TPSA) is 61.8 Å². The van der Waals surface area contributed by atoms with E-state index in [1.807, 2.05) is 13.0 Å². The number of carbonyl (C=O) groups excluding carboxylic acids is 1. The number of nitrogens with zero attached hydrogens (tertiary/aromatic N) is 2. The summed E-state index contributed by atoms with van der Waals surface area (Å²) in [6.07, 6.45) is 1.87. The maximum Gasteiger partial charge on any atom is 0.252 e. The van der Waals surface area contributed by atoms with Crippen LogP contribution >= 0.6 is 0 Å². The third-order valence-corrected chi connectivity index (χ3v) is 2.34. The molecule has 0 atom stereocenters. The molecule has 0 spiro atoms. The van der Waals surface area contributed by atoms with Crippen LogP contribution in [0.15, 0.2) is 35.6 Å². The molecule has 92 valence electrons. The molecule has 0 aromatic heterocycles. The van der Waals surface area contributed by atoms with E-state index >= 15 is 0 Å². The third-order valence-electron chi connectivity index (χ3n) is 2.34. The van der Waals surface area contributed by atoms with Gasteiger partial charge in [0.15, 0.2) is 0 Å². The van der Waals surface area contributed by atoms with Gasteiger partial charge in [0.1, 0.15) is 6.67 Å². The van der Waals surface area contributed by atoms with Crippen molar-refractivity contribution in [2.75, 3.05) is 13.2 Å². The van der Waals surface area contributed by atoms with E-state index in [4.69, 9.17) is 0 Å². The fourth-order valence-corrected chi connectivity index (χ4v) is 1.34. The maximum atomic E-state index is 11.7. The molecule has 1 rings (SSSR count). The van der Waals surface area contributed by atoms with Gasteiger partial charge in [0.25, 0.3) is 5.91 Å². The molecule has 0 heterocycles. The molecule has 0 bridgehead atoms. The average molecular weight is 235 g/mol. The Morgan fingerprint density at radius 1 is 1.35 bits per heavy atom. The number of benzene rings is 1. The highest BCUT2D eigenvalue weighted by Gasteiger charge is 2.06. The van der Waals surface area contributed by atoms with Gasteiger partial charge in [-0.2, -0.15) is 0 Å². The van der Waals surface area contributed by atoms with E-state index < -0.39 is 0 Å². The summed E-state index contributed by atoms with van der Waals surface area (Å²) >= 11 is 0. The van der Waals surface area contributed by atoms with Gasteiger partial charge in [0, 0.05) is 12.1 Å². The van der Waals surface area contributed by atoms with E-state index in [2.05, 4.69) is 10.6 Å². The van der Waals surface area contributed by atoms with Gasteiger partial charge in [-0.1, -0.05) is 31.5 Å². The quantitative estimate of drug-likeness (QED) is 0.447. The number of nitroso groups, excluding NO2 is 1. The Labute approximate surface area is 101 Å². The molecular formula is C12H17N3O2. The molecule has 0 aliphatic carbocycles. The lowest BCUT2D eigenvalue weighted by Gasteiger charge is -2.15. The molecule has 17 heavy (non-hydrogen) atoms. The number of nitrogens with one attached hydrogen (secondary N) is 1. The minimum Gasteiger partial charge on any atom is -0.333 e. The van der Waals surface area contributed by atoms with Crippen molar-refractivity contribution in [2.24, 2.45) is 5.29 Å². The van der Waals surface area contributed by atoms with Gasteiger partial charge in [-0.05, 0) is 18.6 Å². The molecular weight excluding hydrogens is 218 g/mol. The molecule has 0 unspecified atom stereocenters. The summed E-state index contributed by atoms with van der Waals surface area (Å²) in [5.41, 5.74) is 0.578. The van der Waals surface area contributed by atoms with E-state index in [1.165, 1.54) is 5.01 Å². The molecule has 1 N–H and O–H groups in total. The number of amides is 1. The van der Waals surface area contributed by atoms with Crippen molar-refractivity contribution in [3.8, 4) is 0 Å². The van der Waals surface area contributed by atoms with E-state index in [-0.39, 0.29) is 12.6 Å². The number of unbranched alkanes of at least 4 members (excludes halogenated alkanes) is 1. The second-order valence-corrected chi connectivity index (χ2v) is 3.70. The van der Waals surface area contributed by atoms with Gasteiger partial charge in [0.2, 0.25) is 0 Å². The van der Waals surface area contributed by atoms with Crippen molar-refractivity contribution in [1.82, 2.24) is 10.3 Å². The van der Waals surface area contributed by atoms with Gasteiger partial charge in [-0.15, -0.1) is 4.91 Å². The highest BCUT2D eigenvalue weighted by molar-refractivity contribution is 5.94. The molecule has 1 aromatic rings. The van der Waals surface area contributed by atoms with Crippen molar-refractivity contribution >= 4 is 5.91 Å². The zero-order valence-electron chi connectivity index (χ0n) is 9.93. The smallest absolute Gasteiger partial charge is 0.252 e. The maximum absolute atomic E-state index is 11.7. The first-order chi connectivity index (χ1) is 8.27. The summed E-state index contributed by atoms with van der Waals surface area (Å²) in [5, 5.41) is 6.82. The van der Waals surface area contributed by atoms with Gasteiger partial charge in [-0.3, -0.25) is 4.79 Å². The molecule has 5 heteroatoms. The molecule has 1 aromatic carbocycles. The Morgan fingerprint density at radius 3 is 2.65 bits per heavy atom. The molecule has 0 aliphatic heterocycles. The molecule has 5 nitrogen and oxygen atoms in total. The molecule has 0 saturated heterocycles. The molecule has 0 aliphatic rings. The minimum absolute atomic E-state index is 0.150. The summed E-state index contributed by atoms with van der Waals surface area (Å²) in [6, 6.07) is 8.88. The fourth-order valence-electron chi connectivity index (χ4n) is 1.34. The van der Waals surface area contributed by atoms with Crippen LogP contribution in [-0.4, -0.2) is 24.1 Å². The SMILES string of the molecule is CCCCN(CNC(=O)c1ccccc1)N=O. The van der Waals surface area contributed by atoms with Gasteiger partial charge >= 0.3 is 0 Å². The minimum atomic E-state index is -0.198. The number of hydrogen-bond acceptors (Lipinski definition) is 3. The molecule has 0 fully saturated rings. The van der Waals surface area contributed by atoms with Crippen LogP contribution in [0.1, 0.15) is 30.1 Å². The fraction of sp³-hybridized carbons (Fsp3) is 0.417. The largest absolute Gasteiger partial charge is 0.333 e. The standard InChI is InChI=1S/C12H17N3O2/c1-2-3-9-15(14-17)10-13-12(16)11-7-5-4-6-8-11/h4-8H,2-3,9-10H2,1H3,(H,13,16). The van der Waals surface area contributed by atoms with E-state index in [9.17, 15) is 9.70 Å². The predicted octanol–water partition coefficient (Wildman–Crippen LogP) is 2.16. The Balaban J connectivity index is 2.39. The van der Waals surface area contributed by atoms with Gasteiger partial charge < -0.3 is 5.32 Å². The average Bonchev–Trinajstić information content (AvgIpc) is 2.39. The van der Waals surface area contributed by atoms with E-state index in [0.717, 1.165) is 12.8 Å². The Bertz CT molecular complexity index is 354. The van der Waals surface area contributed by atoms with Gasteiger partial charge in [0.05, 0.1) is 5.29 Å². The van der Waals surface area contributed by atoms with Crippen molar-refractivity contribution in [1.29, 1.82) is 0 Å². The normalized spacial score (nSPS) is 9.71. The second-order valence-electron chi connectivity index (χ2n) is 3.70. The highest BCUT2D eigenvalue weighted by atomic mass is 16.3. The van der Waals surface area contributed by atoms with Crippen molar-refractivity contribution in [2.45, 2.75) is 19.8 Å².